The fraction of sp³-hybridized carbons (Fsp3) is 0.267. The van der Waals surface area contributed by atoms with E-state index in [1.807, 2.05) is 43.3 Å². The molecule has 1 aliphatic heterocycles. The molecule has 0 spiro atoms. The molecule has 98 valence electrons. The molecule has 1 unspecified atom stereocenters. The molecule has 0 aliphatic carbocycles. The van der Waals surface area contributed by atoms with Crippen molar-refractivity contribution in [2.45, 2.75) is 13.0 Å². The molecule has 19 heavy (non-hydrogen) atoms. The van der Waals surface area contributed by atoms with Crippen LogP contribution in [-0.4, -0.2) is 18.2 Å². The highest BCUT2D eigenvalue weighted by molar-refractivity contribution is 5.46. The van der Waals surface area contributed by atoms with Crippen molar-refractivity contribution in [3.8, 4) is 11.6 Å². The van der Waals surface area contributed by atoms with Gasteiger partial charge in [-0.3, -0.25) is 0 Å². The Morgan fingerprint density at radius 1 is 1.26 bits per heavy atom. The second kappa shape index (κ2) is 5.18. The number of pyridine rings is 1. The predicted molar refractivity (Wildman–Crippen MR) is 73.7 cm³/mol. The zero-order valence-corrected chi connectivity index (χ0v) is 10.8. The van der Waals surface area contributed by atoms with Crippen LogP contribution in [0, 0.1) is 0 Å². The fourth-order valence-corrected chi connectivity index (χ4v) is 2.18. The summed E-state index contributed by atoms with van der Waals surface area (Å²) in [7, 11) is 0. The number of nitrogens with zero attached hydrogens (tertiary/aromatic N) is 1. The third-order valence-corrected chi connectivity index (χ3v) is 3.04. The van der Waals surface area contributed by atoms with Gasteiger partial charge in [0.1, 0.15) is 18.2 Å². The number of para-hydroxylation sites is 1. The summed E-state index contributed by atoms with van der Waals surface area (Å²) in [4.78, 5) is 4.41. The SMILES string of the molecule is CCOc1cccc(NC2COc3ccccc32)n1. The average molecular weight is 256 g/mol. The molecule has 2 heterocycles. The largest absolute Gasteiger partial charge is 0.491 e. The van der Waals surface area contributed by atoms with Crippen LogP contribution in [0.5, 0.6) is 11.6 Å². The van der Waals surface area contributed by atoms with E-state index in [2.05, 4.69) is 16.4 Å². The summed E-state index contributed by atoms with van der Waals surface area (Å²) in [5, 5.41) is 3.38. The van der Waals surface area contributed by atoms with Gasteiger partial charge < -0.3 is 14.8 Å². The lowest BCUT2D eigenvalue weighted by molar-refractivity contribution is 0.326. The minimum absolute atomic E-state index is 0.139. The third kappa shape index (κ3) is 2.47. The summed E-state index contributed by atoms with van der Waals surface area (Å²) < 4.78 is 11.0. The molecular formula is C15H16N2O2. The van der Waals surface area contributed by atoms with Crippen LogP contribution in [0.25, 0.3) is 0 Å². The zero-order valence-electron chi connectivity index (χ0n) is 10.8. The number of aromatic nitrogens is 1. The third-order valence-electron chi connectivity index (χ3n) is 3.04. The summed E-state index contributed by atoms with van der Waals surface area (Å²) in [6.45, 7) is 3.19. The van der Waals surface area contributed by atoms with Gasteiger partial charge in [0.2, 0.25) is 5.88 Å². The molecule has 2 aromatic rings. The Kier molecular flexibility index (Phi) is 3.23. The molecule has 4 heteroatoms. The second-order valence-electron chi connectivity index (χ2n) is 4.34. The number of anilines is 1. The van der Waals surface area contributed by atoms with E-state index < -0.39 is 0 Å². The van der Waals surface area contributed by atoms with E-state index >= 15 is 0 Å². The molecule has 1 aromatic carbocycles. The Morgan fingerprint density at radius 3 is 3.05 bits per heavy atom. The van der Waals surface area contributed by atoms with Gasteiger partial charge >= 0.3 is 0 Å². The van der Waals surface area contributed by atoms with Crippen molar-refractivity contribution in [2.24, 2.45) is 0 Å². The molecule has 1 aromatic heterocycles. The van der Waals surface area contributed by atoms with Crippen LogP contribution in [0.2, 0.25) is 0 Å². The highest BCUT2D eigenvalue weighted by Crippen LogP contribution is 2.33. The number of ether oxygens (including phenoxy) is 2. The molecule has 0 fully saturated rings. The normalized spacial score (nSPS) is 16.6. The molecular weight excluding hydrogens is 240 g/mol. The van der Waals surface area contributed by atoms with Crippen molar-refractivity contribution in [1.82, 2.24) is 4.98 Å². The van der Waals surface area contributed by atoms with E-state index in [-0.39, 0.29) is 6.04 Å². The fourth-order valence-electron chi connectivity index (χ4n) is 2.18. The second-order valence-corrected chi connectivity index (χ2v) is 4.34. The van der Waals surface area contributed by atoms with Crippen molar-refractivity contribution in [1.29, 1.82) is 0 Å². The van der Waals surface area contributed by atoms with Crippen molar-refractivity contribution >= 4 is 5.82 Å². The Hall–Kier alpha value is -2.23. The van der Waals surface area contributed by atoms with E-state index in [0.29, 0.717) is 19.1 Å². The summed E-state index contributed by atoms with van der Waals surface area (Å²) >= 11 is 0. The minimum atomic E-state index is 0.139. The summed E-state index contributed by atoms with van der Waals surface area (Å²) in [5.41, 5.74) is 1.17. The molecule has 1 N–H and O–H groups in total. The highest BCUT2D eigenvalue weighted by atomic mass is 16.5. The molecule has 0 saturated carbocycles. The van der Waals surface area contributed by atoms with Gasteiger partial charge in [-0.1, -0.05) is 24.3 Å². The van der Waals surface area contributed by atoms with Gasteiger partial charge in [0.05, 0.1) is 12.6 Å². The maximum Gasteiger partial charge on any atom is 0.215 e. The van der Waals surface area contributed by atoms with E-state index in [0.717, 1.165) is 11.6 Å². The summed E-state index contributed by atoms with van der Waals surface area (Å²) in [5.74, 6) is 2.39. The molecule has 0 saturated heterocycles. The summed E-state index contributed by atoms with van der Waals surface area (Å²) in [6, 6.07) is 13.9. The van der Waals surface area contributed by atoms with Crippen LogP contribution in [0.3, 0.4) is 0 Å². The van der Waals surface area contributed by atoms with Gasteiger partial charge in [-0.25, -0.2) is 0 Å². The first-order chi connectivity index (χ1) is 9.36. The van der Waals surface area contributed by atoms with Crippen molar-refractivity contribution in [3.63, 3.8) is 0 Å². The van der Waals surface area contributed by atoms with Gasteiger partial charge in [-0.05, 0) is 19.1 Å². The Bertz CT molecular complexity index is 572. The van der Waals surface area contributed by atoms with Crippen molar-refractivity contribution < 1.29 is 9.47 Å². The van der Waals surface area contributed by atoms with Crippen LogP contribution in [0.15, 0.2) is 42.5 Å². The van der Waals surface area contributed by atoms with E-state index in [9.17, 15) is 0 Å². The Balaban J connectivity index is 1.77. The lowest BCUT2D eigenvalue weighted by Crippen LogP contribution is -2.13. The predicted octanol–water partition coefficient (Wildman–Crippen LogP) is 3.03. The number of nitrogens with one attached hydrogen (secondary N) is 1. The molecule has 0 radical (unpaired) electrons. The number of hydrogen-bond donors (Lipinski definition) is 1. The van der Waals surface area contributed by atoms with Crippen LogP contribution in [0.1, 0.15) is 18.5 Å². The van der Waals surface area contributed by atoms with Crippen LogP contribution in [0.4, 0.5) is 5.82 Å². The van der Waals surface area contributed by atoms with Crippen LogP contribution < -0.4 is 14.8 Å². The first-order valence-corrected chi connectivity index (χ1v) is 6.45. The number of benzene rings is 1. The smallest absolute Gasteiger partial charge is 0.215 e. The van der Waals surface area contributed by atoms with Crippen molar-refractivity contribution in [2.75, 3.05) is 18.5 Å². The van der Waals surface area contributed by atoms with Gasteiger partial charge in [-0.15, -0.1) is 0 Å². The molecule has 0 amide bonds. The first-order valence-electron chi connectivity index (χ1n) is 6.45. The number of fused-ring (bicyclic) bond motifs is 1. The average Bonchev–Trinajstić information content (AvgIpc) is 2.83. The minimum Gasteiger partial charge on any atom is -0.491 e. The number of hydrogen-bond acceptors (Lipinski definition) is 4. The van der Waals surface area contributed by atoms with Crippen molar-refractivity contribution in [3.05, 3.63) is 48.0 Å². The highest BCUT2D eigenvalue weighted by Gasteiger charge is 2.23. The lowest BCUT2D eigenvalue weighted by atomic mass is 10.1. The number of rotatable bonds is 4. The van der Waals surface area contributed by atoms with Gasteiger partial charge in [-0.2, -0.15) is 4.98 Å². The zero-order chi connectivity index (χ0) is 13.1. The lowest BCUT2D eigenvalue weighted by Gasteiger charge is -2.13. The van der Waals surface area contributed by atoms with Gasteiger partial charge in [0.15, 0.2) is 0 Å². The van der Waals surface area contributed by atoms with Gasteiger partial charge in [0.25, 0.3) is 0 Å². The topological polar surface area (TPSA) is 43.4 Å². The molecule has 4 nitrogen and oxygen atoms in total. The summed E-state index contributed by atoms with van der Waals surface area (Å²) in [6.07, 6.45) is 0. The van der Waals surface area contributed by atoms with Crippen LogP contribution >= 0.6 is 0 Å². The molecule has 1 aliphatic rings. The molecule has 3 rings (SSSR count). The Morgan fingerprint density at radius 2 is 2.16 bits per heavy atom. The molecule has 0 bridgehead atoms. The first kappa shape index (κ1) is 11.8. The molecule has 1 atom stereocenters. The van der Waals surface area contributed by atoms with E-state index in [1.54, 1.807) is 0 Å². The van der Waals surface area contributed by atoms with Gasteiger partial charge in [0, 0.05) is 11.6 Å². The van der Waals surface area contributed by atoms with E-state index in [4.69, 9.17) is 9.47 Å². The van der Waals surface area contributed by atoms with Crippen LogP contribution in [-0.2, 0) is 0 Å². The maximum absolute atomic E-state index is 5.64. The Labute approximate surface area is 112 Å². The quantitative estimate of drug-likeness (QED) is 0.913. The monoisotopic (exact) mass is 256 g/mol. The van der Waals surface area contributed by atoms with E-state index in [1.165, 1.54) is 5.56 Å². The maximum atomic E-state index is 5.64. The standard InChI is InChI=1S/C15H16N2O2/c1-2-18-15-9-5-8-14(17-15)16-12-10-19-13-7-4-3-6-11(12)13/h3-9,12H,2,10H2,1H3,(H,16,17).